The van der Waals surface area contributed by atoms with Crippen molar-refractivity contribution in [3.05, 3.63) is 29.8 Å². The molecule has 0 saturated heterocycles. The largest absolute Gasteiger partial charge is 0.397 e. The van der Waals surface area contributed by atoms with Crippen molar-refractivity contribution in [1.29, 1.82) is 0 Å². The number of hydrogen-bond donors (Lipinski definition) is 2. The molecule has 6 heteroatoms. The second-order valence-electron chi connectivity index (χ2n) is 5.27. The van der Waals surface area contributed by atoms with E-state index in [1.54, 1.807) is 10.7 Å². The molecule has 0 unspecified atom stereocenters. The third-order valence-corrected chi connectivity index (χ3v) is 3.53. The molecule has 2 aromatic rings. The molecule has 2 heterocycles. The number of hydrogen-bond acceptors (Lipinski definition) is 3. The van der Waals surface area contributed by atoms with E-state index in [-0.39, 0.29) is 5.91 Å². The van der Waals surface area contributed by atoms with Gasteiger partial charge in [0.1, 0.15) is 5.69 Å². The minimum absolute atomic E-state index is 0.128. The van der Waals surface area contributed by atoms with Crippen molar-refractivity contribution in [3.63, 3.8) is 0 Å². The van der Waals surface area contributed by atoms with Crippen LogP contribution < -0.4 is 11.1 Å². The summed E-state index contributed by atoms with van der Waals surface area (Å²) in [7, 11) is 1.85. The summed E-state index contributed by atoms with van der Waals surface area (Å²) in [6.07, 6.45) is 6.67. The molecule has 0 aliphatic heterocycles. The molecule has 0 bridgehead atoms. The van der Waals surface area contributed by atoms with Crippen LogP contribution in [0.3, 0.4) is 0 Å². The zero-order chi connectivity index (χ0) is 14.3. The smallest absolute Gasteiger partial charge is 0.272 e. The minimum Gasteiger partial charge on any atom is -0.397 e. The Morgan fingerprint density at radius 3 is 2.90 bits per heavy atom. The number of carbonyl (C=O) groups excluding carboxylic acids is 1. The number of amides is 1. The van der Waals surface area contributed by atoms with Crippen LogP contribution in [0.4, 0.5) is 11.4 Å². The quantitative estimate of drug-likeness (QED) is 0.893. The first-order valence-electron chi connectivity index (χ1n) is 6.89. The topological polar surface area (TPSA) is 77.9 Å². The number of nitrogens with zero attached hydrogens (tertiary/aromatic N) is 3. The van der Waals surface area contributed by atoms with Crippen molar-refractivity contribution in [2.24, 2.45) is 7.05 Å². The van der Waals surface area contributed by atoms with E-state index in [2.05, 4.69) is 10.4 Å². The highest BCUT2D eigenvalue weighted by Gasteiger charge is 2.28. The molecule has 0 atom stereocenters. The van der Waals surface area contributed by atoms with Crippen molar-refractivity contribution in [2.75, 3.05) is 11.1 Å². The molecule has 1 amide bonds. The predicted octanol–water partition coefficient (Wildman–Crippen LogP) is 1.95. The molecular formula is C14H19N5O. The molecule has 3 rings (SSSR count). The normalized spacial score (nSPS) is 14.5. The fraction of sp³-hybridized carbons (Fsp3) is 0.429. The van der Waals surface area contributed by atoms with E-state index in [1.807, 2.05) is 30.9 Å². The first-order valence-corrected chi connectivity index (χ1v) is 6.89. The SMILES string of the molecule is CCc1nn(C)cc1NC(=O)c1cc(N)cn1C1CC1. The van der Waals surface area contributed by atoms with Gasteiger partial charge in [0.2, 0.25) is 0 Å². The lowest BCUT2D eigenvalue weighted by Gasteiger charge is -2.08. The van der Waals surface area contributed by atoms with E-state index in [1.165, 1.54) is 0 Å². The maximum Gasteiger partial charge on any atom is 0.272 e. The zero-order valence-electron chi connectivity index (χ0n) is 11.8. The van der Waals surface area contributed by atoms with Crippen LogP contribution in [0, 0.1) is 0 Å². The van der Waals surface area contributed by atoms with E-state index in [0.29, 0.717) is 17.4 Å². The number of aryl methyl sites for hydroxylation is 2. The van der Waals surface area contributed by atoms with Gasteiger partial charge in [-0.25, -0.2) is 0 Å². The molecule has 1 aliphatic rings. The molecular weight excluding hydrogens is 254 g/mol. The highest BCUT2D eigenvalue weighted by atomic mass is 16.2. The second kappa shape index (κ2) is 4.70. The second-order valence-corrected chi connectivity index (χ2v) is 5.27. The lowest BCUT2D eigenvalue weighted by atomic mass is 10.3. The molecule has 3 N–H and O–H groups in total. The number of carbonyl (C=O) groups is 1. The Hall–Kier alpha value is -2.24. The van der Waals surface area contributed by atoms with Gasteiger partial charge in [-0.05, 0) is 25.3 Å². The number of nitrogens with one attached hydrogen (secondary N) is 1. The first kappa shape index (κ1) is 12.8. The first-order chi connectivity index (χ1) is 9.58. The lowest BCUT2D eigenvalue weighted by Crippen LogP contribution is -2.16. The summed E-state index contributed by atoms with van der Waals surface area (Å²) in [6.45, 7) is 2.02. The van der Waals surface area contributed by atoms with Crippen LogP contribution in [0.1, 0.15) is 42.0 Å². The fourth-order valence-corrected chi connectivity index (χ4v) is 2.42. The summed E-state index contributed by atoms with van der Waals surface area (Å²) in [5, 5.41) is 7.26. The van der Waals surface area contributed by atoms with E-state index in [9.17, 15) is 4.79 Å². The molecule has 6 nitrogen and oxygen atoms in total. The van der Waals surface area contributed by atoms with Crippen molar-refractivity contribution in [1.82, 2.24) is 14.3 Å². The van der Waals surface area contributed by atoms with Gasteiger partial charge >= 0.3 is 0 Å². The van der Waals surface area contributed by atoms with Crippen LogP contribution in [0.25, 0.3) is 0 Å². The van der Waals surface area contributed by atoms with Gasteiger partial charge in [0.25, 0.3) is 5.91 Å². The number of nitrogen functional groups attached to an aromatic ring is 1. The summed E-state index contributed by atoms with van der Waals surface area (Å²) < 4.78 is 3.69. The Labute approximate surface area is 117 Å². The number of nitrogens with two attached hydrogens (primary N) is 1. The van der Waals surface area contributed by atoms with E-state index < -0.39 is 0 Å². The average molecular weight is 273 g/mol. The summed E-state index contributed by atoms with van der Waals surface area (Å²) in [6, 6.07) is 2.16. The fourth-order valence-electron chi connectivity index (χ4n) is 2.42. The van der Waals surface area contributed by atoms with Gasteiger partial charge in [-0.15, -0.1) is 0 Å². The summed E-state index contributed by atoms with van der Waals surface area (Å²) >= 11 is 0. The third kappa shape index (κ3) is 2.29. The molecule has 106 valence electrons. The monoisotopic (exact) mass is 273 g/mol. The highest BCUT2D eigenvalue weighted by molar-refractivity contribution is 6.04. The predicted molar refractivity (Wildman–Crippen MR) is 77.7 cm³/mol. The Morgan fingerprint density at radius 2 is 2.25 bits per heavy atom. The van der Waals surface area contributed by atoms with E-state index >= 15 is 0 Å². The molecule has 0 radical (unpaired) electrons. The minimum atomic E-state index is -0.128. The molecule has 2 aromatic heterocycles. The van der Waals surface area contributed by atoms with Crippen molar-refractivity contribution in [3.8, 4) is 0 Å². The Kier molecular flexibility index (Phi) is 3.00. The van der Waals surface area contributed by atoms with Crippen LogP contribution in [0.15, 0.2) is 18.5 Å². The standard InChI is InChI=1S/C14H19N5O/c1-3-11-12(8-18(2)17-11)16-14(20)13-6-9(15)7-19(13)10-4-5-10/h6-8,10H,3-5,15H2,1-2H3,(H,16,20). The van der Waals surface area contributed by atoms with Crippen LogP contribution in [-0.2, 0) is 13.5 Å². The van der Waals surface area contributed by atoms with Crippen LogP contribution in [-0.4, -0.2) is 20.3 Å². The molecule has 0 aromatic carbocycles. The van der Waals surface area contributed by atoms with Gasteiger partial charge in [-0.1, -0.05) is 6.92 Å². The summed E-state index contributed by atoms with van der Waals surface area (Å²) in [4.78, 5) is 12.4. The Balaban J connectivity index is 1.85. The van der Waals surface area contributed by atoms with Gasteiger partial charge < -0.3 is 15.6 Å². The lowest BCUT2D eigenvalue weighted by molar-refractivity contribution is 0.101. The van der Waals surface area contributed by atoms with Crippen LogP contribution >= 0.6 is 0 Å². The number of aromatic nitrogens is 3. The van der Waals surface area contributed by atoms with E-state index in [0.717, 1.165) is 30.6 Å². The maximum atomic E-state index is 12.4. The van der Waals surface area contributed by atoms with Crippen molar-refractivity contribution in [2.45, 2.75) is 32.2 Å². The average Bonchev–Trinajstić information content (AvgIpc) is 3.09. The zero-order valence-corrected chi connectivity index (χ0v) is 11.8. The van der Waals surface area contributed by atoms with Crippen LogP contribution in [0.2, 0.25) is 0 Å². The Morgan fingerprint density at radius 1 is 1.50 bits per heavy atom. The van der Waals surface area contributed by atoms with Crippen LogP contribution in [0.5, 0.6) is 0 Å². The van der Waals surface area contributed by atoms with Gasteiger partial charge in [0.15, 0.2) is 0 Å². The molecule has 1 fully saturated rings. The number of rotatable bonds is 4. The molecule has 20 heavy (non-hydrogen) atoms. The maximum absolute atomic E-state index is 12.4. The number of anilines is 2. The van der Waals surface area contributed by atoms with E-state index in [4.69, 9.17) is 5.73 Å². The highest BCUT2D eigenvalue weighted by Crippen LogP contribution is 2.37. The summed E-state index contributed by atoms with van der Waals surface area (Å²) in [5.74, 6) is -0.128. The van der Waals surface area contributed by atoms with Crippen molar-refractivity contribution >= 4 is 17.3 Å². The van der Waals surface area contributed by atoms with Gasteiger partial charge in [-0.2, -0.15) is 5.10 Å². The van der Waals surface area contributed by atoms with Gasteiger partial charge in [0.05, 0.1) is 17.1 Å². The summed E-state index contributed by atoms with van der Waals surface area (Å²) in [5.41, 5.74) is 8.72. The van der Waals surface area contributed by atoms with Gasteiger partial charge in [-0.3, -0.25) is 9.48 Å². The van der Waals surface area contributed by atoms with Gasteiger partial charge in [0, 0.05) is 25.5 Å². The van der Waals surface area contributed by atoms with Crippen molar-refractivity contribution < 1.29 is 4.79 Å². The Bertz CT molecular complexity index is 651. The third-order valence-electron chi connectivity index (χ3n) is 3.53. The molecule has 0 spiro atoms. The molecule has 1 aliphatic carbocycles. The molecule has 1 saturated carbocycles.